The smallest absolute Gasteiger partial charge is 0.0886 e. The van der Waals surface area contributed by atoms with E-state index >= 15 is 0 Å². The molecule has 1 aromatic heterocycles. The first-order valence-corrected chi connectivity index (χ1v) is 9.17. The molecule has 4 aromatic rings. The highest BCUT2D eigenvalue weighted by Crippen LogP contribution is 2.42. The summed E-state index contributed by atoms with van der Waals surface area (Å²) in [5.74, 6) is 0. The second-order valence-corrected chi connectivity index (χ2v) is 7.16. The molecule has 0 saturated carbocycles. The summed E-state index contributed by atoms with van der Waals surface area (Å²) in [5, 5.41) is 6.00. The first-order valence-electron chi connectivity index (χ1n) is 8.36. The van der Waals surface area contributed by atoms with Crippen LogP contribution in [0.25, 0.3) is 31.3 Å². The molecule has 0 saturated heterocycles. The van der Waals surface area contributed by atoms with Crippen molar-refractivity contribution in [3.05, 3.63) is 84.6 Å². The third-order valence-electron chi connectivity index (χ3n) is 4.67. The highest BCUT2D eigenvalue weighted by molar-refractivity contribution is 7.26. The van der Waals surface area contributed by atoms with Gasteiger partial charge in [0.25, 0.3) is 0 Å². The van der Waals surface area contributed by atoms with E-state index in [1.165, 1.54) is 36.9 Å². The number of rotatable bonds is 2. The molecule has 0 amide bonds. The summed E-state index contributed by atoms with van der Waals surface area (Å²) in [5.41, 5.74) is 3.88. The highest BCUT2D eigenvalue weighted by Gasteiger charge is 2.16. The molecular formula is C22H16N2S. The summed E-state index contributed by atoms with van der Waals surface area (Å²) < 4.78 is 2.70. The summed E-state index contributed by atoms with van der Waals surface area (Å²) in [6.07, 6.45) is 5.74. The van der Waals surface area contributed by atoms with Crippen LogP contribution in [0.2, 0.25) is 0 Å². The highest BCUT2D eigenvalue weighted by atomic mass is 32.1. The van der Waals surface area contributed by atoms with E-state index < -0.39 is 0 Å². The molecule has 0 spiro atoms. The number of nitrogens with zero attached hydrogens (tertiary/aromatic N) is 1. The maximum absolute atomic E-state index is 4.12. The predicted octanol–water partition coefficient (Wildman–Crippen LogP) is 5.91. The lowest BCUT2D eigenvalue weighted by Gasteiger charge is -2.16. The fourth-order valence-electron chi connectivity index (χ4n) is 3.48. The molecule has 2 nitrogen and oxygen atoms in total. The van der Waals surface area contributed by atoms with Crippen LogP contribution in [0, 0.1) is 0 Å². The summed E-state index contributed by atoms with van der Waals surface area (Å²) in [7, 11) is 0. The van der Waals surface area contributed by atoms with Crippen LogP contribution in [0.1, 0.15) is 11.6 Å². The molecule has 1 atom stereocenters. The number of hydrogen-bond donors (Lipinski definition) is 1. The second kappa shape index (κ2) is 5.87. The van der Waals surface area contributed by atoms with Crippen molar-refractivity contribution in [2.75, 3.05) is 0 Å². The quantitative estimate of drug-likeness (QED) is 0.482. The molecule has 0 bridgehead atoms. The minimum absolute atomic E-state index is 0.175. The zero-order chi connectivity index (χ0) is 16.6. The second-order valence-electron chi connectivity index (χ2n) is 6.14. The molecule has 25 heavy (non-hydrogen) atoms. The van der Waals surface area contributed by atoms with Gasteiger partial charge in [-0.2, -0.15) is 0 Å². The Labute approximate surface area is 150 Å². The zero-order valence-electron chi connectivity index (χ0n) is 13.5. The SMILES string of the molecule is C1=CC(c2cccc3c2sc2c(-c4ccccc4)cccc23)NC=N1. The molecule has 3 heteroatoms. The molecule has 5 rings (SSSR count). The number of hydrogen-bond acceptors (Lipinski definition) is 3. The van der Waals surface area contributed by atoms with Crippen LogP contribution in [0.5, 0.6) is 0 Å². The number of aliphatic imine (C=N–C) groups is 1. The van der Waals surface area contributed by atoms with Gasteiger partial charge in [0.2, 0.25) is 0 Å². The van der Waals surface area contributed by atoms with Crippen molar-refractivity contribution in [3.8, 4) is 11.1 Å². The number of fused-ring (bicyclic) bond motifs is 3. The van der Waals surface area contributed by atoms with Gasteiger partial charge in [0, 0.05) is 26.4 Å². The molecule has 0 aliphatic carbocycles. The summed E-state index contributed by atoms with van der Waals surface area (Å²) in [6, 6.07) is 24.0. The molecule has 1 unspecified atom stereocenters. The van der Waals surface area contributed by atoms with E-state index in [1.54, 1.807) is 6.34 Å². The molecular weight excluding hydrogens is 324 g/mol. The monoisotopic (exact) mass is 340 g/mol. The maximum Gasteiger partial charge on any atom is 0.0886 e. The van der Waals surface area contributed by atoms with E-state index in [1.807, 2.05) is 17.5 Å². The fraction of sp³-hybridized carbons (Fsp3) is 0.0455. The van der Waals surface area contributed by atoms with Gasteiger partial charge < -0.3 is 5.32 Å². The van der Waals surface area contributed by atoms with E-state index in [9.17, 15) is 0 Å². The van der Waals surface area contributed by atoms with Gasteiger partial charge in [-0.05, 0) is 22.8 Å². The van der Waals surface area contributed by atoms with Gasteiger partial charge >= 0.3 is 0 Å². The molecule has 1 N–H and O–H groups in total. The maximum atomic E-state index is 4.12. The first-order chi connectivity index (χ1) is 12.4. The van der Waals surface area contributed by atoms with Gasteiger partial charge in [0.15, 0.2) is 0 Å². The predicted molar refractivity (Wildman–Crippen MR) is 108 cm³/mol. The van der Waals surface area contributed by atoms with Gasteiger partial charge in [-0.3, -0.25) is 0 Å². The minimum Gasteiger partial charge on any atom is -0.366 e. The summed E-state index contributed by atoms with van der Waals surface area (Å²) >= 11 is 1.89. The van der Waals surface area contributed by atoms with E-state index in [0.29, 0.717) is 0 Å². The molecule has 1 aliphatic heterocycles. The molecule has 0 radical (unpaired) electrons. The van der Waals surface area contributed by atoms with Gasteiger partial charge in [-0.15, -0.1) is 11.3 Å². The summed E-state index contributed by atoms with van der Waals surface area (Å²) in [6.45, 7) is 0. The van der Waals surface area contributed by atoms with Crippen LogP contribution >= 0.6 is 11.3 Å². The van der Waals surface area contributed by atoms with E-state index in [-0.39, 0.29) is 6.04 Å². The zero-order valence-corrected chi connectivity index (χ0v) is 14.3. The third kappa shape index (κ3) is 2.36. The lowest BCUT2D eigenvalue weighted by Crippen LogP contribution is -2.19. The van der Waals surface area contributed by atoms with Crippen LogP contribution in [-0.2, 0) is 0 Å². The van der Waals surface area contributed by atoms with Gasteiger partial charge in [-0.25, -0.2) is 4.99 Å². The van der Waals surface area contributed by atoms with Crippen LogP contribution in [0.4, 0.5) is 0 Å². The Balaban J connectivity index is 1.79. The van der Waals surface area contributed by atoms with Crippen LogP contribution in [0.15, 0.2) is 84.0 Å². The number of nitrogens with one attached hydrogen (secondary N) is 1. The molecule has 120 valence electrons. The van der Waals surface area contributed by atoms with Crippen LogP contribution in [-0.4, -0.2) is 6.34 Å². The molecule has 1 aliphatic rings. The Morgan fingerprint density at radius 3 is 2.40 bits per heavy atom. The van der Waals surface area contributed by atoms with E-state index in [2.05, 4.69) is 83.1 Å². The topological polar surface area (TPSA) is 24.4 Å². The van der Waals surface area contributed by atoms with Gasteiger partial charge in [0.05, 0.1) is 12.4 Å². The minimum atomic E-state index is 0.175. The van der Waals surface area contributed by atoms with Gasteiger partial charge in [-0.1, -0.05) is 66.7 Å². The van der Waals surface area contributed by atoms with Crippen LogP contribution < -0.4 is 5.32 Å². The third-order valence-corrected chi connectivity index (χ3v) is 5.97. The van der Waals surface area contributed by atoms with Crippen molar-refractivity contribution < 1.29 is 0 Å². The Kier molecular flexibility index (Phi) is 3.39. The number of benzene rings is 3. The normalized spacial score (nSPS) is 16.4. The lowest BCUT2D eigenvalue weighted by atomic mass is 10.0. The van der Waals surface area contributed by atoms with Crippen molar-refractivity contribution in [1.29, 1.82) is 0 Å². The Bertz CT molecular complexity index is 1120. The van der Waals surface area contributed by atoms with Crippen LogP contribution in [0.3, 0.4) is 0 Å². The average molecular weight is 340 g/mol. The Morgan fingerprint density at radius 2 is 1.60 bits per heavy atom. The standard InChI is InChI=1S/C22H16N2S/c1-2-6-15(7-3-1)16-8-4-9-17-18-10-5-11-19(22(18)25-21(16)17)20-12-13-23-14-24-20/h1-14,20H,(H,23,24). The van der Waals surface area contributed by atoms with Crippen molar-refractivity contribution >= 4 is 37.8 Å². The Hall–Kier alpha value is -2.91. The number of thiophene rings is 1. The van der Waals surface area contributed by atoms with E-state index in [0.717, 1.165) is 0 Å². The Morgan fingerprint density at radius 1 is 0.800 bits per heavy atom. The first kappa shape index (κ1) is 14.4. The molecule has 2 heterocycles. The van der Waals surface area contributed by atoms with Crippen molar-refractivity contribution in [2.45, 2.75) is 6.04 Å². The van der Waals surface area contributed by atoms with Crippen molar-refractivity contribution in [2.24, 2.45) is 4.99 Å². The molecule has 0 fully saturated rings. The largest absolute Gasteiger partial charge is 0.366 e. The van der Waals surface area contributed by atoms with E-state index in [4.69, 9.17) is 0 Å². The van der Waals surface area contributed by atoms with Crippen molar-refractivity contribution in [1.82, 2.24) is 5.32 Å². The lowest BCUT2D eigenvalue weighted by molar-refractivity contribution is 0.798. The fourth-order valence-corrected chi connectivity index (χ4v) is 4.87. The summed E-state index contributed by atoms with van der Waals surface area (Å²) in [4.78, 5) is 4.12. The average Bonchev–Trinajstić information content (AvgIpc) is 3.08. The van der Waals surface area contributed by atoms with Gasteiger partial charge in [0.1, 0.15) is 0 Å². The molecule has 3 aromatic carbocycles. The van der Waals surface area contributed by atoms with Crippen molar-refractivity contribution in [3.63, 3.8) is 0 Å².